The third-order valence-corrected chi connectivity index (χ3v) is 5.69. The molecule has 36 heavy (non-hydrogen) atoms. The van der Waals surface area contributed by atoms with Gasteiger partial charge in [-0.2, -0.15) is 0 Å². The molecule has 0 spiro atoms. The van der Waals surface area contributed by atoms with Gasteiger partial charge in [-0.25, -0.2) is 24.4 Å². The van der Waals surface area contributed by atoms with Crippen molar-refractivity contribution in [2.24, 2.45) is 0 Å². The van der Waals surface area contributed by atoms with Crippen molar-refractivity contribution in [1.29, 1.82) is 0 Å². The summed E-state index contributed by atoms with van der Waals surface area (Å²) in [5.74, 6) is 2.35. The Balaban J connectivity index is 1.38. The number of carbonyl (C=O) groups is 1. The minimum absolute atomic E-state index is 0.107. The number of ether oxygens (including phenoxy) is 1. The van der Waals surface area contributed by atoms with Gasteiger partial charge in [-0.05, 0) is 30.3 Å². The van der Waals surface area contributed by atoms with Gasteiger partial charge in [-0.1, -0.05) is 29.3 Å². The van der Waals surface area contributed by atoms with Crippen LogP contribution in [0.2, 0.25) is 0 Å². The number of nitrogen functional groups attached to an aromatic ring is 1. The third-order valence-electron chi connectivity index (χ3n) is 5.69. The summed E-state index contributed by atoms with van der Waals surface area (Å²) in [6.07, 6.45) is 7.26. The van der Waals surface area contributed by atoms with E-state index in [9.17, 15) is 9.90 Å². The van der Waals surface area contributed by atoms with E-state index >= 15 is 0 Å². The number of benzene rings is 1. The average Bonchev–Trinajstić information content (AvgIpc) is 3.37. The highest BCUT2D eigenvalue weighted by atomic mass is 16.5. The summed E-state index contributed by atoms with van der Waals surface area (Å²) in [5, 5.41) is 18.0. The van der Waals surface area contributed by atoms with Gasteiger partial charge in [0.1, 0.15) is 11.5 Å². The molecule has 11 nitrogen and oxygen atoms in total. The van der Waals surface area contributed by atoms with Gasteiger partial charge >= 0.3 is 5.97 Å². The van der Waals surface area contributed by atoms with Gasteiger partial charge in [0, 0.05) is 17.7 Å². The molecule has 5 rings (SSSR count). The molecule has 4 heterocycles. The largest absolute Gasteiger partial charge is 0.480 e. The highest BCUT2D eigenvalue weighted by Gasteiger charge is 2.30. The number of nitrogens with zero attached hydrogens (tertiary/aromatic N) is 7. The Bertz CT molecular complexity index is 1460. The number of carboxylic acids is 1. The number of aliphatic carboxylic acids is 1. The Labute approximate surface area is 206 Å². The van der Waals surface area contributed by atoms with Gasteiger partial charge in [0.2, 0.25) is 5.95 Å². The Morgan fingerprint density at radius 1 is 1.14 bits per heavy atom. The molecule has 0 aliphatic carbocycles. The van der Waals surface area contributed by atoms with E-state index in [0.717, 1.165) is 11.1 Å². The van der Waals surface area contributed by atoms with E-state index in [0.29, 0.717) is 48.3 Å². The lowest BCUT2D eigenvalue weighted by molar-refractivity contribution is -0.141. The van der Waals surface area contributed by atoms with Crippen LogP contribution in [0.3, 0.4) is 0 Å². The van der Waals surface area contributed by atoms with Gasteiger partial charge in [0.25, 0.3) is 0 Å². The molecule has 11 heteroatoms. The second kappa shape index (κ2) is 9.81. The van der Waals surface area contributed by atoms with E-state index in [4.69, 9.17) is 16.9 Å². The van der Waals surface area contributed by atoms with Crippen molar-refractivity contribution in [3.8, 4) is 35.0 Å². The molecular weight excluding hydrogens is 460 g/mol. The Hall–Kier alpha value is -4.82. The van der Waals surface area contributed by atoms with E-state index < -0.39 is 12.0 Å². The maximum Gasteiger partial charge on any atom is 0.328 e. The molecule has 1 fully saturated rings. The number of carboxylic acid groups (broad SMARTS) is 1. The van der Waals surface area contributed by atoms with Gasteiger partial charge in [-0.15, -0.1) is 11.5 Å². The zero-order valence-electron chi connectivity index (χ0n) is 19.2. The van der Waals surface area contributed by atoms with Crippen LogP contribution in [0.1, 0.15) is 11.3 Å². The van der Waals surface area contributed by atoms with E-state index in [1.165, 1.54) is 0 Å². The van der Waals surface area contributed by atoms with Crippen molar-refractivity contribution in [3.63, 3.8) is 0 Å². The van der Waals surface area contributed by atoms with Crippen LogP contribution in [0.25, 0.3) is 22.6 Å². The van der Waals surface area contributed by atoms with Gasteiger partial charge < -0.3 is 20.5 Å². The predicted octanol–water partition coefficient (Wildman–Crippen LogP) is 1.70. The van der Waals surface area contributed by atoms with Crippen LogP contribution in [-0.2, 0) is 16.1 Å². The van der Waals surface area contributed by atoms with Crippen molar-refractivity contribution < 1.29 is 14.6 Å². The standard InChI is InChI=1S/C25H22N8O3/c1-2-16-5-3-6-17(11-16)19-12-20(29-25(26)28-19)21-14-32(31-30-21)13-18-7-4-8-23(27-18)33-9-10-36-15-22(33)24(34)35/h1,3-8,11-12,14,22H,9-10,13,15H2,(H,34,35)(H2,26,28,29). The quantitative estimate of drug-likeness (QED) is 0.389. The number of hydrogen-bond donors (Lipinski definition) is 2. The molecule has 1 aliphatic heterocycles. The first-order valence-corrected chi connectivity index (χ1v) is 11.2. The second-order valence-corrected chi connectivity index (χ2v) is 8.13. The van der Waals surface area contributed by atoms with Gasteiger partial charge in [0.15, 0.2) is 6.04 Å². The molecule has 0 radical (unpaired) electrons. The minimum atomic E-state index is -0.947. The third kappa shape index (κ3) is 4.84. The highest BCUT2D eigenvalue weighted by molar-refractivity contribution is 5.78. The highest BCUT2D eigenvalue weighted by Crippen LogP contribution is 2.24. The summed E-state index contributed by atoms with van der Waals surface area (Å²) in [4.78, 5) is 26.7. The summed E-state index contributed by atoms with van der Waals surface area (Å²) in [7, 11) is 0. The minimum Gasteiger partial charge on any atom is -0.480 e. The second-order valence-electron chi connectivity index (χ2n) is 8.13. The first kappa shape index (κ1) is 22.9. The lowest BCUT2D eigenvalue weighted by Gasteiger charge is -2.33. The molecule has 1 saturated heterocycles. The van der Waals surface area contributed by atoms with Crippen LogP contribution >= 0.6 is 0 Å². The fourth-order valence-electron chi connectivity index (χ4n) is 3.97. The predicted molar refractivity (Wildman–Crippen MR) is 132 cm³/mol. The summed E-state index contributed by atoms with van der Waals surface area (Å²) in [6.45, 7) is 1.34. The molecular formula is C25H22N8O3. The lowest BCUT2D eigenvalue weighted by atomic mass is 10.1. The Kier molecular flexibility index (Phi) is 6.25. The van der Waals surface area contributed by atoms with E-state index in [1.54, 1.807) is 27.9 Å². The Morgan fingerprint density at radius 3 is 2.81 bits per heavy atom. The van der Waals surface area contributed by atoms with Crippen LogP contribution in [0, 0.1) is 12.3 Å². The van der Waals surface area contributed by atoms with Gasteiger partial charge in [-0.3, -0.25) is 0 Å². The smallest absolute Gasteiger partial charge is 0.328 e. The molecule has 0 amide bonds. The average molecular weight is 483 g/mol. The summed E-state index contributed by atoms with van der Waals surface area (Å²) in [6, 6.07) is 13.9. The molecule has 180 valence electrons. The SMILES string of the molecule is C#Cc1cccc(-c2cc(-c3cn(Cc4cccc(N5CCOCC5C(=O)O)n4)nn3)nc(N)n2)c1. The van der Waals surface area contributed by atoms with E-state index in [-0.39, 0.29) is 12.6 Å². The number of pyridine rings is 1. The number of aromatic nitrogens is 6. The van der Waals surface area contributed by atoms with Crippen LogP contribution < -0.4 is 10.6 Å². The molecule has 4 aromatic rings. The number of terminal acetylenes is 1. The summed E-state index contributed by atoms with van der Waals surface area (Å²) < 4.78 is 6.95. The molecule has 1 atom stereocenters. The monoisotopic (exact) mass is 482 g/mol. The number of morpholine rings is 1. The zero-order valence-corrected chi connectivity index (χ0v) is 19.2. The van der Waals surface area contributed by atoms with Crippen LogP contribution in [0.5, 0.6) is 0 Å². The van der Waals surface area contributed by atoms with Crippen molar-refractivity contribution in [3.05, 3.63) is 66.0 Å². The molecule has 0 bridgehead atoms. The fraction of sp³-hybridized carbons (Fsp3) is 0.200. The molecule has 3 aromatic heterocycles. The van der Waals surface area contributed by atoms with Crippen LogP contribution in [0.15, 0.2) is 54.7 Å². The van der Waals surface area contributed by atoms with Gasteiger partial charge in [0.05, 0.1) is 43.0 Å². The summed E-state index contributed by atoms with van der Waals surface area (Å²) in [5.41, 5.74) is 9.89. The maximum atomic E-state index is 11.6. The van der Waals surface area contributed by atoms with Crippen molar-refractivity contribution >= 4 is 17.7 Å². The zero-order chi connectivity index (χ0) is 25.1. The lowest BCUT2D eigenvalue weighted by Crippen LogP contribution is -2.50. The normalized spacial score (nSPS) is 15.4. The molecule has 1 aromatic carbocycles. The molecule has 3 N–H and O–H groups in total. The van der Waals surface area contributed by atoms with Crippen molar-refractivity contribution in [2.45, 2.75) is 12.6 Å². The van der Waals surface area contributed by atoms with Crippen LogP contribution in [-0.4, -0.2) is 66.8 Å². The van der Waals surface area contributed by atoms with Crippen molar-refractivity contribution in [2.75, 3.05) is 30.4 Å². The van der Waals surface area contributed by atoms with Crippen LogP contribution in [0.4, 0.5) is 11.8 Å². The number of rotatable bonds is 6. The van der Waals surface area contributed by atoms with E-state index in [2.05, 4.69) is 31.2 Å². The van der Waals surface area contributed by atoms with E-state index in [1.807, 2.05) is 36.4 Å². The molecule has 1 aliphatic rings. The Morgan fingerprint density at radius 2 is 1.97 bits per heavy atom. The maximum absolute atomic E-state index is 11.6. The topological polar surface area (TPSA) is 145 Å². The number of hydrogen-bond acceptors (Lipinski definition) is 9. The summed E-state index contributed by atoms with van der Waals surface area (Å²) >= 11 is 0. The number of anilines is 2. The first-order chi connectivity index (χ1) is 17.5. The number of nitrogens with two attached hydrogens (primary N) is 1. The first-order valence-electron chi connectivity index (χ1n) is 11.2. The molecule has 0 saturated carbocycles. The van der Waals surface area contributed by atoms with Crippen molar-refractivity contribution in [1.82, 2.24) is 29.9 Å². The fourth-order valence-corrected chi connectivity index (χ4v) is 3.97. The molecule has 1 unspecified atom stereocenters.